The maximum atomic E-state index is 13.2. The molecule has 43 heavy (non-hydrogen) atoms. The number of imidazole rings is 1. The minimum absolute atomic E-state index is 0.00996. The second kappa shape index (κ2) is 12.2. The van der Waals surface area contributed by atoms with E-state index in [4.69, 9.17) is 9.72 Å². The molecule has 0 aromatic carbocycles. The van der Waals surface area contributed by atoms with E-state index in [2.05, 4.69) is 32.3 Å². The molecule has 1 spiro atoms. The molecule has 3 aromatic heterocycles. The minimum atomic E-state index is -2.77. The number of likely N-dealkylation sites (tertiary alicyclic amines) is 1. The van der Waals surface area contributed by atoms with Crippen LogP contribution in [0.3, 0.4) is 0 Å². The number of aromatic nitrogens is 6. The molecule has 6 rings (SSSR count). The van der Waals surface area contributed by atoms with Crippen LogP contribution in [0.1, 0.15) is 45.1 Å². The van der Waals surface area contributed by atoms with Crippen LogP contribution in [0.4, 0.5) is 20.5 Å². The zero-order valence-electron chi connectivity index (χ0n) is 23.9. The van der Waals surface area contributed by atoms with Gasteiger partial charge in [-0.3, -0.25) is 14.2 Å². The molecule has 13 nitrogen and oxygen atoms in total. The maximum Gasteiger partial charge on any atom is 0.333 e. The standard InChI is InChI=1S/C28H36F2N10O3/c1-2-22(42)38-9-3-6-28(17-38)7-4-19(5-8-28)34-21(41)15-31-24-23-25(36-27(35-24)37-10-12-43-13-11-37)39(18-32-23)20-14-33-40(16-20)26(29)30/h2,14,16,18-19,26H,1,3-13,15,17H2,(H,34,41)(H,31,35,36). The van der Waals surface area contributed by atoms with Gasteiger partial charge in [0.15, 0.2) is 17.0 Å². The zero-order valence-corrected chi connectivity index (χ0v) is 23.9. The Balaban J connectivity index is 1.13. The van der Waals surface area contributed by atoms with E-state index in [1.807, 2.05) is 9.80 Å². The summed E-state index contributed by atoms with van der Waals surface area (Å²) in [5, 5.41) is 10.0. The number of carbonyl (C=O) groups is 2. The number of halogens is 2. The van der Waals surface area contributed by atoms with E-state index in [-0.39, 0.29) is 29.8 Å². The van der Waals surface area contributed by atoms with E-state index in [1.165, 1.54) is 24.8 Å². The van der Waals surface area contributed by atoms with Crippen molar-refractivity contribution in [2.75, 3.05) is 56.2 Å². The zero-order chi connectivity index (χ0) is 30.0. The van der Waals surface area contributed by atoms with Crippen LogP contribution in [0, 0.1) is 5.41 Å². The van der Waals surface area contributed by atoms with Crippen molar-refractivity contribution in [3.63, 3.8) is 0 Å². The maximum absolute atomic E-state index is 13.2. The van der Waals surface area contributed by atoms with Gasteiger partial charge in [-0.05, 0) is 50.0 Å². The van der Waals surface area contributed by atoms with Gasteiger partial charge in [0.25, 0.3) is 0 Å². The predicted molar refractivity (Wildman–Crippen MR) is 154 cm³/mol. The van der Waals surface area contributed by atoms with Crippen molar-refractivity contribution in [3.8, 4) is 5.69 Å². The van der Waals surface area contributed by atoms with E-state index in [0.717, 1.165) is 51.6 Å². The number of alkyl halides is 2. The SMILES string of the molecule is C=CC(=O)N1CCCC2(CCC(NC(=O)CNc3nc(N4CCOCC4)nc4c3ncn4-c3cnn(C(F)F)c3)CC2)C1. The Hall–Kier alpha value is -4.14. The van der Waals surface area contributed by atoms with Gasteiger partial charge in [-0.15, -0.1) is 0 Å². The lowest BCUT2D eigenvalue weighted by Gasteiger charge is -2.46. The molecule has 2 saturated heterocycles. The molecular formula is C28H36F2N10O3. The highest BCUT2D eigenvalue weighted by atomic mass is 19.3. The summed E-state index contributed by atoms with van der Waals surface area (Å²) in [4.78, 5) is 42.9. The van der Waals surface area contributed by atoms with Crippen molar-refractivity contribution >= 4 is 34.7 Å². The number of nitrogens with zero attached hydrogens (tertiary/aromatic N) is 8. The van der Waals surface area contributed by atoms with Crippen LogP contribution < -0.4 is 15.5 Å². The summed E-state index contributed by atoms with van der Waals surface area (Å²) in [7, 11) is 0. The Morgan fingerprint density at radius 1 is 1.16 bits per heavy atom. The van der Waals surface area contributed by atoms with E-state index >= 15 is 0 Å². The number of fused-ring (bicyclic) bond motifs is 1. The number of nitrogens with one attached hydrogen (secondary N) is 2. The van der Waals surface area contributed by atoms with Crippen LogP contribution >= 0.6 is 0 Å². The van der Waals surface area contributed by atoms with Crippen molar-refractivity contribution < 1.29 is 23.1 Å². The lowest BCUT2D eigenvalue weighted by molar-refractivity contribution is -0.130. The first kappa shape index (κ1) is 29.0. The van der Waals surface area contributed by atoms with Crippen LogP contribution in [0.5, 0.6) is 0 Å². The largest absolute Gasteiger partial charge is 0.378 e. The van der Waals surface area contributed by atoms with E-state index in [9.17, 15) is 18.4 Å². The third-order valence-electron chi connectivity index (χ3n) is 8.72. The molecule has 15 heteroatoms. The van der Waals surface area contributed by atoms with E-state index in [0.29, 0.717) is 59.6 Å². The molecule has 0 bridgehead atoms. The normalized spacial score (nSPS) is 22.7. The molecule has 230 valence electrons. The summed E-state index contributed by atoms with van der Waals surface area (Å²) >= 11 is 0. The van der Waals surface area contributed by atoms with Crippen molar-refractivity contribution in [3.05, 3.63) is 31.4 Å². The monoisotopic (exact) mass is 598 g/mol. The summed E-state index contributed by atoms with van der Waals surface area (Å²) in [6.45, 7) is 4.60. The lowest BCUT2D eigenvalue weighted by Crippen LogP contribution is -2.50. The van der Waals surface area contributed by atoms with Crippen molar-refractivity contribution in [2.45, 2.75) is 51.1 Å². The Labute approximate surface area is 247 Å². The van der Waals surface area contributed by atoms with Gasteiger partial charge in [-0.25, -0.2) is 9.67 Å². The quantitative estimate of drug-likeness (QED) is 0.375. The van der Waals surface area contributed by atoms with Gasteiger partial charge in [0.05, 0.1) is 37.8 Å². The number of hydrogen-bond acceptors (Lipinski definition) is 9. The van der Waals surface area contributed by atoms with Crippen LogP contribution in [-0.2, 0) is 14.3 Å². The number of amides is 2. The number of rotatable bonds is 8. The second-order valence-corrected chi connectivity index (χ2v) is 11.5. The number of anilines is 2. The molecule has 0 radical (unpaired) electrons. The molecule has 2 amide bonds. The molecule has 0 unspecified atom stereocenters. The minimum Gasteiger partial charge on any atom is -0.378 e. The Kier molecular flexibility index (Phi) is 8.23. The first-order valence-electron chi connectivity index (χ1n) is 14.7. The third kappa shape index (κ3) is 6.17. The molecular weight excluding hydrogens is 562 g/mol. The molecule has 5 heterocycles. The van der Waals surface area contributed by atoms with E-state index < -0.39 is 6.55 Å². The van der Waals surface area contributed by atoms with Gasteiger partial charge in [-0.2, -0.15) is 23.8 Å². The fourth-order valence-corrected chi connectivity index (χ4v) is 6.42. The van der Waals surface area contributed by atoms with Crippen LogP contribution in [0.15, 0.2) is 31.4 Å². The summed E-state index contributed by atoms with van der Waals surface area (Å²) in [5.74, 6) is 0.629. The number of morpholine rings is 1. The Morgan fingerprint density at radius 2 is 1.95 bits per heavy atom. The van der Waals surface area contributed by atoms with Crippen molar-refractivity contribution in [1.29, 1.82) is 0 Å². The first-order valence-corrected chi connectivity index (χ1v) is 14.7. The molecule has 3 fully saturated rings. The third-order valence-corrected chi connectivity index (χ3v) is 8.72. The smallest absolute Gasteiger partial charge is 0.333 e. The van der Waals surface area contributed by atoms with Gasteiger partial charge in [-0.1, -0.05) is 6.58 Å². The van der Waals surface area contributed by atoms with Crippen molar-refractivity contribution in [1.82, 2.24) is 39.5 Å². The topological polar surface area (TPSA) is 135 Å². The van der Waals surface area contributed by atoms with Gasteiger partial charge in [0, 0.05) is 32.2 Å². The average molecular weight is 599 g/mol. The Bertz CT molecular complexity index is 1480. The summed E-state index contributed by atoms with van der Waals surface area (Å²) < 4.78 is 33.9. The van der Waals surface area contributed by atoms with Gasteiger partial charge < -0.3 is 25.2 Å². The first-order chi connectivity index (χ1) is 20.8. The fourth-order valence-electron chi connectivity index (χ4n) is 6.42. The molecule has 0 atom stereocenters. The molecule has 1 aliphatic carbocycles. The van der Waals surface area contributed by atoms with Crippen LogP contribution in [-0.4, -0.2) is 98.0 Å². The summed E-state index contributed by atoms with van der Waals surface area (Å²) in [6, 6.07) is 0.0605. The molecule has 1 saturated carbocycles. The number of ether oxygens (including phenoxy) is 1. The van der Waals surface area contributed by atoms with Gasteiger partial charge in [0.2, 0.25) is 17.8 Å². The highest BCUT2D eigenvalue weighted by molar-refractivity contribution is 5.88. The summed E-state index contributed by atoms with van der Waals surface area (Å²) in [5.41, 5.74) is 1.30. The van der Waals surface area contributed by atoms with E-state index in [1.54, 1.807) is 4.57 Å². The van der Waals surface area contributed by atoms with Crippen LogP contribution in [0.25, 0.3) is 16.9 Å². The highest BCUT2D eigenvalue weighted by Crippen LogP contribution is 2.43. The molecule has 3 aromatic rings. The molecule has 2 N–H and O–H groups in total. The molecule has 2 aliphatic heterocycles. The average Bonchev–Trinajstić information content (AvgIpc) is 3.69. The number of hydrogen-bond donors (Lipinski definition) is 2. The number of carbonyl (C=O) groups excluding carboxylic acids is 2. The highest BCUT2D eigenvalue weighted by Gasteiger charge is 2.40. The fraction of sp³-hybridized carbons (Fsp3) is 0.571. The van der Waals surface area contributed by atoms with Crippen molar-refractivity contribution in [2.24, 2.45) is 5.41 Å². The predicted octanol–water partition coefficient (Wildman–Crippen LogP) is 2.51. The summed E-state index contributed by atoms with van der Waals surface area (Å²) in [6.07, 6.45) is 11.1. The lowest BCUT2D eigenvalue weighted by atomic mass is 9.68. The van der Waals surface area contributed by atoms with Crippen LogP contribution in [0.2, 0.25) is 0 Å². The van der Waals surface area contributed by atoms with Gasteiger partial charge in [0.1, 0.15) is 6.33 Å². The number of piperidine rings is 1. The van der Waals surface area contributed by atoms with Gasteiger partial charge >= 0.3 is 6.55 Å². The second-order valence-electron chi connectivity index (χ2n) is 11.5. The Morgan fingerprint density at radius 3 is 2.67 bits per heavy atom. The molecule has 3 aliphatic rings.